The van der Waals surface area contributed by atoms with Crippen molar-refractivity contribution in [1.82, 2.24) is 78.9 Å². The van der Waals surface area contributed by atoms with Crippen molar-refractivity contribution in [3.63, 3.8) is 0 Å². The average molecular weight is 2200 g/mol. The number of carboxylic acid groups (broad SMARTS) is 1. The number of carbonyl (C=O) groups excluding carboxylic acids is 5. The molecule has 13 aromatic rings. The maximum absolute atomic E-state index is 12.9. The second kappa shape index (κ2) is 64.5. The van der Waals surface area contributed by atoms with Gasteiger partial charge in [-0.05, 0) is 144 Å². The molecule has 6 N–H and O–H groups in total. The van der Waals surface area contributed by atoms with Crippen LogP contribution in [0.3, 0.4) is 0 Å². The number of nitrogens with one attached hydrogen (secondary N) is 4. The first kappa shape index (κ1) is 126. The van der Waals surface area contributed by atoms with Crippen LogP contribution in [0.25, 0.3) is 44.3 Å². The summed E-state index contributed by atoms with van der Waals surface area (Å²) in [6, 6.07) is 24.5. The van der Waals surface area contributed by atoms with Gasteiger partial charge in [0.05, 0.1) is 107 Å². The number of hydrogen-bond donors (Lipinski definition) is 6. The molecule has 9 heterocycles. The molecule has 0 aliphatic rings. The number of ether oxygens (including phenoxy) is 11. The Morgan fingerprint density at radius 2 is 0.796 bits per heavy atom. The minimum atomic E-state index is -3.72. The number of aldehydes is 2. The molecule has 0 saturated carbocycles. The van der Waals surface area contributed by atoms with Crippen LogP contribution in [0.5, 0.6) is 51.7 Å². The summed E-state index contributed by atoms with van der Waals surface area (Å²) >= 11 is 5.71. The molecule has 0 saturated heterocycles. The number of fused-ring (bicyclic) bond motifs is 2. The molecule has 0 aliphatic carbocycles. The third-order valence-corrected chi connectivity index (χ3v) is 20.1. The number of aliphatic carboxylic acids is 1. The molecular formula is C93H111Cl3MnN20O27S3. The molecular weight excluding hydrogens is 2090 g/mol. The molecule has 0 radical (unpaired) electrons. The number of rotatable bonds is 27. The molecule has 9 aromatic heterocycles. The predicted octanol–water partition coefficient (Wildman–Crippen LogP) is 12.2. The van der Waals surface area contributed by atoms with Crippen molar-refractivity contribution in [2.75, 3.05) is 139 Å². The van der Waals surface area contributed by atoms with Gasteiger partial charge in [-0.3, -0.25) is 42.1 Å². The van der Waals surface area contributed by atoms with Gasteiger partial charge in [-0.15, -0.1) is 0 Å². The van der Waals surface area contributed by atoms with Crippen molar-refractivity contribution >= 4 is 150 Å². The number of methoxy groups -OCH3 is 9. The Labute approximate surface area is 870 Å². The molecule has 0 aliphatic heterocycles. The number of pyridine rings is 2. The molecule has 147 heavy (non-hydrogen) atoms. The van der Waals surface area contributed by atoms with E-state index in [2.05, 4.69) is 128 Å². The zero-order valence-corrected chi connectivity index (χ0v) is 90.2. The number of carbonyl (C=O) groups is 6. The summed E-state index contributed by atoms with van der Waals surface area (Å²) in [6.07, 6.45) is 15.5. The van der Waals surface area contributed by atoms with Gasteiger partial charge in [0.25, 0.3) is 11.1 Å². The predicted molar refractivity (Wildman–Crippen MR) is 549 cm³/mol. The molecule has 0 spiro atoms. The first-order valence-corrected chi connectivity index (χ1v) is 50.0. The second-order valence-electron chi connectivity index (χ2n) is 28.5. The number of esters is 3. The van der Waals surface area contributed by atoms with Crippen LogP contribution in [-0.2, 0) is 91.0 Å². The summed E-state index contributed by atoms with van der Waals surface area (Å²) in [5.74, 6) is 11.9. The van der Waals surface area contributed by atoms with Crippen LogP contribution in [-0.4, -0.2) is 262 Å². The van der Waals surface area contributed by atoms with Crippen LogP contribution in [0.1, 0.15) is 95.5 Å². The molecule has 4 aromatic carbocycles. The Bertz CT molecular complexity index is 6910. The number of benzene rings is 4. The maximum atomic E-state index is 12.9. The number of anilines is 4. The number of halogens is 3. The molecule has 791 valence electrons. The number of aryl methyl sites for hydroxylation is 7. The Morgan fingerprint density at radius 3 is 1.13 bits per heavy atom. The summed E-state index contributed by atoms with van der Waals surface area (Å²) in [5, 5.41) is 30.4. The van der Waals surface area contributed by atoms with Crippen LogP contribution >= 0.6 is 44.7 Å². The Kier molecular flexibility index (Phi) is 55.2. The number of carboxylic acids is 1. The van der Waals surface area contributed by atoms with Gasteiger partial charge >= 0.3 is 54.6 Å². The normalized spacial score (nSPS) is 10.4. The molecule has 0 amide bonds. The van der Waals surface area contributed by atoms with Gasteiger partial charge in [0.2, 0.25) is 10.9 Å². The summed E-state index contributed by atoms with van der Waals surface area (Å²) in [5.41, 5.74) is 6.01. The van der Waals surface area contributed by atoms with Crippen molar-refractivity contribution in [3.8, 4) is 74.0 Å². The third-order valence-electron chi connectivity index (χ3n) is 18.3. The van der Waals surface area contributed by atoms with Gasteiger partial charge in [-0.1, -0.05) is 23.4 Å². The Morgan fingerprint density at radius 1 is 0.469 bits per heavy atom. The SMILES string of the molecule is C=S(C)(=O)c1ncc2cc(-c3cc(OC)cc(OC)c3)c(=O)n(C)c2n1.CCOC(=O)c1cnc(C)nc1Cl.CCOC(=O)c1cnc(C)nc1NC.CNc1nc(C)ncc1C=O.CNc1nc(C)ncc1C=O.CNc1nc(C)ncc1OO.COC(=O)Cc1cc(OC)cc(OC)c1.COc1cc(CC(=O)O)cc(OC)c1.COc1cc(OC)cc(-c2cc3cnc(SC)nc3n(C)c2=O)c1.O=S(=O)(Cl)Cl.[O]=[Mn]=[O]. The topological polar surface area (TPSA) is 612 Å². The molecule has 1 unspecified atom stereocenters. The summed E-state index contributed by atoms with van der Waals surface area (Å²) in [4.78, 5) is 151. The summed E-state index contributed by atoms with van der Waals surface area (Å²) < 4.78 is 106. The van der Waals surface area contributed by atoms with Crippen LogP contribution in [0, 0.1) is 34.6 Å². The summed E-state index contributed by atoms with van der Waals surface area (Å²) in [7, 11) is 26.2. The number of thioether (sulfide) groups is 1. The zero-order chi connectivity index (χ0) is 111. The average Bonchev–Trinajstić information content (AvgIpc) is 0.774. The van der Waals surface area contributed by atoms with E-state index in [-0.39, 0.29) is 51.6 Å². The van der Waals surface area contributed by atoms with E-state index in [1.165, 1.54) is 79.5 Å². The quantitative estimate of drug-likeness (QED) is 0.00238. The fourth-order valence-corrected chi connectivity index (χ4v) is 12.6. The van der Waals surface area contributed by atoms with E-state index in [9.17, 15) is 42.6 Å². The van der Waals surface area contributed by atoms with Crippen molar-refractivity contribution in [2.24, 2.45) is 14.1 Å². The second-order valence-corrected chi connectivity index (χ2v) is 35.8. The Hall–Kier alpha value is -15.3. The minimum absolute atomic E-state index is 0.0342. The molecule has 13 rings (SSSR count). The van der Waals surface area contributed by atoms with Gasteiger partial charge in [-0.2, -0.15) is 8.42 Å². The van der Waals surface area contributed by atoms with Crippen LogP contribution in [0.15, 0.2) is 148 Å². The molecule has 0 fully saturated rings. The van der Waals surface area contributed by atoms with E-state index >= 15 is 0 Å². The van der Waals surface area contributed by atoms with Crippen molar-refractivity contribution in [3.05, 3.63) is 217 Å². The molecule has 47 nitrogen and oxygen atoms in total. The fourth-order valence-electron chi connectivity index (χ4n) is 11.5. The van der Waals surface area contributed by atoms with Gasteiger partial charge in [0, 0.05) is 163 Å². The van der Waals surface area contributed by atoms with Crippen molar-refractivity contribution in [2.45, 2.75) is 71.6 Å². The molecule has 0 bridgehead atoms. The first-order valence-electron chi connectivity index (χ1n) is 42.2. The third kappa shape index (κ3) is 42.5. The van der Waals surface area contributed by atoms with E-state index in [1.807, 2.05) is 18.4 Å². The van der Waals surface area contributed by atoms with Gasteiger partial charge < -0.3 is 83.4 Å². The van der Waals surface area contributed by atoms with Gasteiger partial charge in [0.15, 0.2) is 23.5 Å². The number of hydrogen-bond acceptors (Lipinski definition) is 45. The summed E-state index contributed by atoms with van der Waals surface area (Å²) in [6.45, 7) is 12.9. The fraction of sp³-hybridized carbons (Fsp3) is 0.301. The van der Waals surface area contributed by atoms with Crippen LogP contribution in [0.4, 0.5) is 23.3 Å². The monoisotopic (exact) mass is 2200 g/mol. The van der Waals surface area contributed by atoms with Crippen LogP contribution in [0.2, 0.25) is 5.15 Å². The van der Waals surface area contributed by atoms with Gasteiger partial charge in [-0.25, -0.2) is 84.6 Å². The van der Waals surface area contributed by atoms with E-state index < -0.39 is 50.5 Å². The van der Waals surface area contributed by atoms with E-state index in [0.717, 1.165) is 29.1 Å². The number of nitrogens with zero attached hydrogens (tertiary/aromatic N) is 16. The van der Waals surface area contributed by atoms with Crippen molar-refractivity contribution in [1.29, 1.82) is 0 Å². The Balaban J connectivity index is 0.000000428. The standard InChI is InChI=1S/C18H19N3O4S.C17H17N3O3S.C11H14O4.C10H12O4.C9H13N3O2.C8H9ClN2O2.2C7H9N3O.C6H9N3O2.Cl2O2S.Mn.2O/c1-21-16-12(10-19-18(20-16)26(4,5)23)8-15(17(21)22)11-6-13(24-2)9-14(7-11)25-3;1-20-15-11(9-18-17(19-15)24-4)7-14(16(20)21)10-5-12(22-2)8-13(6-10)23-3;1-13-9-4-8(6-11(12)15-3)5-10(7-9)14-2;1-13-8-3-7(5-10(11)12)4-9(6-8)14-2;1-4-14-9(13)7-5-11-6(2)12-8(7)10-3;1-3-13-8(12)6-4-10-5(2)11-7(6)9;2*1-5-9-3-6(4-11)7(8-2)10-5;1-4-8-3-5(11-10)6(7-2)9-4;1-5(2,3)4;;;/h6-10H,4H2,1-3,5H3;5-9H,1-4H3;4-5,7H,6H2,1-3H3;3-4,6H,5H2,1-2H3,(H,11,12);5H,4H2,1-3H3,(H,10,11,12);4H,3H2,1-2H3;2*3-4H,1-2H3,(H,8,9,10);3,10H,1-2H3,(H,7,8,9);;;;. The number of aromatic nitrogens is 16. The molecule has 54 heteroatoms. The van der Waals surface area contributed by atoms with E-state index in [4.69, 9.17) is 85.4 Å². The zero-order valence-electron chi connectivity index (χ0n) is 84.3. The first-order chi connectivity index (χ1) is 69.7. The molecule has 1 atom stereocenters. The van der Waals surface area contributed by atoms with Crippen LogP contribution < -0.4 is 75.2 Å². The van der Waals surface area contributed by atoms with E-state index in [0.29, 0.717) is 172 Å². The van der Waals surface area contributed by atoms with E-state index in [1.54, 1.807) is 219 Å². The van der Waals surface area contributed by atoms with Crippen molar-refractivity contribution < 1.29 is 131 Å². The van der Waals surface area contributed by atoms with Gasteiger partial charge in [0.1, 0.15) is 120 Å².